The third kappa shape index (κ3) is 2.03. The molecule has 0 unspecified atom stereocenters. The Hall–Kier alpha value is -1.73. The molecule has 0 aromatic carbocycles. The minimum absolute atomic E-state index is 0.222. The molecule has 0 rings (SSSR count). The summed E-state index contributed by atoms with van der Waals surface area (Å²) in [7, 11) is 0. The molecular weight excluding hydrogens is 146 g/mol. The molecule has 56 valence electrons. The van der Waals surface area contributed by atoms with E-state index in [2.05, 4.69) is 5.16 Å². The van der Waals surface area contributed by atoms with E-state index < -0.39 is 16.0 Å². The normalized spacial score (nSPS) is 10.5. The van der Waals surface area contributed by atoms with Gasteiger partial charge in [-0.3, -0.25) is 20.2 Å². The van der Waals surface area contributed by atoms with E-state index in [0.717, 1.165) is 0 Å². The first kappa shape index (κ1) is 8.27. The Balaban J connectivity index is 4.27. The van der Waals surface area contributed by atoms with Crippen molar-refractivity contribution in [2.45, 2.75) is 6.17 Å². The molecule has 1 N–H and O–H groups in total. The number of nitro groups is 2. The quantitative estimate of drug-likeness (QED) is 0.187. The van der Waals surface area contributed by atoms with E-state index in [1.165, 1.54) is 0 Å². The van der Waals surface area contributed by atoms with E-state index in [-0.39, 0.29) is 6.21 Å². The lowest BCUT2D eigenvalue weighted by molar-refractivity contribution is -0.718. The van der Waals surface area contributed by atoms with Gasteiger partial charge in [-0.25, -0.2) is 0 Å². The van der Waals surface area contributed by atoms with Crippen molar-refractivity contribution in [2.75, 3.05) is 0 Å². The van der Waals surface area contributed by atoms with Gasteiger partial charge in [0.25, 0.3) is 0 Å². The molecule has 10 heavy (non-hydrogen) atoms. The predicted octanol–water partition coefficient (Wildman–Crippen LogP) is -0.674. The minimum Gasteiger partial charge on any atom is -0.411 e. The van der Waals surface area contributed by atoms with Crippen molar-refractivity contribution < 1.29 is 15.1 Å². The molecule has 0 heterocycles. The first-order valence-corrected chi connectivity index (χ1v) is 2.04. The smallest absolute Gasteiger partial charge is 0.411 e. The molecular formula is C2H3N3O5. The van der Waals surface area contributed by atoms with E-state index in [0.29, 0.717) is 0 Å². The van der Waals surface area contributed by atoms with Gasteiger partial charge in [-0.15, -0.1) is 0 Å². The van der Waals surface area contributed by atoms with Gasteiger partial charge in [0.05, 0.1) is 0 Å². The molecule has 0 saturated heterocycles. The average molecular weight is 149 g/mol. The van der Waals surface area contributed by atoms with Gasteiger partial charge in [-0.1, -0.05) is 5.16 Å². The van der Waals surface area contributed by atoms with Crippen LogP contribution in [0.2, 0.25) is 0 Å². The van der Waals surface area contributed by atoms with Crippen LogP contribution in [-0.2, 0) is 0 Å². The fourth-order valence-corrected chi connectivity index (χ4v) is 0.245. The van der Waals surface area contributed by atoms with Gasteiger partial charge in [-0.2, -0.15) is 0 Å². The van der Waals surface area contributed by atoms with Crippen LogP contribution < -0.4 is 0 Å². The standard InChI is InChI=1S/C2H3N3O5/c6-3-1-2(4(7)8)5(9)10/h1-2,6H. The molecule has 0 spiro atoms. The highest BCUT2D eigenvalue weighted by Crippen LogP contribution is 1.85. The monoisotopic (exact) mass is 149 g/mol. The summed E-state index contributed by atoms with van der Waals surface area (Å²) in [6.07, 6.45) is -1.94. The summed E-state index contributed by atoms with van der Waals surface area (Å²) in [5.74, 6) is 0. The fourth-order valence-electron chi connectivity index (χ4n) is 0.245. The van der Waals surface area contributed by atoms with Crippen LogP contribution in [-0.4, -0.2) is 27.4 Å². The lowest BCUT2D eigenvalue weighted by Crippen LogP contribution is -2.29. The van der Waals surface area contributed by atoms with Crippen LogP contribution in [0, 0.1) is 20.2 Å². The lowest BCUT2D eigenvalue weighted by Gasteiger charge is -1.91. The van der Waals surface area contributed by atoms with Crippen molar-refractivity contribution in [3.05, 3.63) is 20.2 Å². The molecule has 8 nitrogen and oxygen atoms in total. The highest BCUT2D eigenvalue weighted by Gasteiger charge is 2.29. The maximum Gasteiger partial charge on any atom is 0.489 e. The molecule has 0 atom stereocenters. The minimum atomic E-state index is -2.16. The molecule has 0 aromatic rings. The summed E-state index contributed by atoms with van der Waals surface area (Å²) in [5.41, 5.74) is 0. The molecule has 8 heteroatoms. The van der Waals surface area contributed by atoms with Crippen LogP contribution in [0.5, 0.6) is 0 Å². The van der Waals surface area contributed by atoms with Gasteiger partial charge in [0.1, 0.15) is 9.85 Å². The van der Waals surface area contributed by atoms with Crippen LogP contribution in [0.1, 0.15) is 0 Å². The number of hydrogen-bond donors (Lipinski definition) is 1. The van der Waals surface area contributed by atoms with Crippen molar-refractivity contribution in [2.24, 2.45) is 5.16 Å². The molecule has 0 aliphatic rings. The van der Waals surface area contributed by atoms with E-state index >= 15 is 0 Å². The molecule has 0 bridgehead atoms. The summed E-state index contributed by atoms with van der Waals surface area (Å²) in [4.78, 5) is 17.0. The van der Waals surface area contributed by atoms with Crippen molar-refractivity contribution >= 4 is 6.21 Å². The van der Waals surface area contributed by atoms with Gasteiger partial charge < -0.3 is 5.21 Å². The van der Waals surface area contributed by atoms with Crippen molar-refractivity contribution in [3.63, 3.8) is 0 Å². The van der Waals surface area contributed by atoms with Crippen LogP contribution >= 0.6 is 0 Å². The number of hydrogen-bond acceptors (Lipinski definition) is 6. The largest absolute Gasteiger partial charge is 0.489 e. The Kier molecular flexibility index (Phi) is 2.75. The first-order valence-electron chi connectivity index (χ1n) is 2.04. The highest BCUT2D eigenvalue weighted by atomic mass is 16.7. The molecule has 0 aliphatic heterocycles. The second-order valence-electron chi connectivity index (χ2n) is 1.25. The topological polar surface area (TPSA) is 119 Å². The van der Waals surface area contributed by atoms with Gasteiger partial charge in [0.2, 0.25) is 0 Å². The Morgan fingerprint density at radius 3 is 1.90 bits per heavy atom. The predicted molar refractivity (Wildman–Crippen MR) is 28.1 cm³/mol. The van der Waals surface area contributed by atoms with Crippen molar-refractivity contribution in [3.8, 4) is 0 Å². The Morgan fingerprint density at radius 2 is 1.80 bits per heavy atom. The summed E-state index contributed by atoms with van der Waals surface area (Å²) in [5, 5.41) is 29.2. The number of rotatable bonds is 3. The second-order valence-corrected chi connectivity index (χ2v) is 1.25. The maximum atomic E-state index is 9.69. The van der Waals surface area contributed by atoms with Crippen LogP contribution in [0.15, 0.2) is 5.16 Å². The summed E-state index contributed by atoms with van der Waals surface area (Å²) < 4.78 is 0. The van der Waals surface area contributed by atoms with E-state index in [1.807, 2.05) is 0 Å². The zero-order valence-corrected chi connectivity index (χ0v) is 4.58. The van der Waals surface area contributed by atoms with Crippen LogP contribution in [0.3, 0.4) is 0 Å². The highest BCUT2D eigenvalue weighted by molar-refractivity contribution is 5.59. The Morgan fingerprint density at radius 1 is 1.40 bits per heavy atom. The molecule has 0 fully saturated rings. The van der Waals surface area contributed by atoms with E-state index in [1.54, 1.807) is 0 Å². The van der Waals surface area contributed by atoms with Gasteiger partial charge in [0, 0.05) is 0 Å². The van der Waals surface area contributed by atoms with Gasteiger partial charge in [0.15, 0.2) is 6.21 Å². The zero-order chi connectivity index (χ0) is 8.15. The summed E-state index contributed by atoms with van der Waals surface area (Å²) in [6, 6.07) is 0. The van der Waals surface area contributed by atoms with Crippen molar-refractivity contribution in [1.29, 1.82) is 0 Å². The molecule has 0 aromatic heterocycles. The van der Waals surface area contributed by atoms with Gasteiger partial charge in [-0.05, 0) is 0 Å². The summed E-state index contributed by atoms with van der Waals surface area (Å²) in [6.45, 7) is 0. The van der Waals surface area contributed by atoms with Crippen LogP contribution in [0.4, 0.5) is 0 Å². The Bertz CT molecular complexity index is 162. The third-order valence-corrected chi connectivity index (χ3v) is 0.632. The SMILES string of the molecule is O=[N+]([O-])C(C=NO)[N+](=O)[O-]. The lowest BCUT2D eigenvalue weighted by atomic mass is 10.6. The first-order chi connectivity index (χ1) is 4.59. The third-order valence-electron chi connectivity index (χ3n) is 0.632. The fraction of sp³-hybridized carbons (Fsp3) is 0.500. The average Bonchev–Trinajstić information content (AvgIpc) is 1.81. The molecule has 0 aliphatic carbocycles. The number of oxime groups is 1. The van der Waals surface area contributed by atoms with E-state index in [4.69, 9.17) is 5.21 Å². The second kappa shape index (κ2) is 3.33. The zero-order valence-electron chi connectivity index (χ0n) is 4.58. The Labute approximate surface area is 54.1 Å². The number of nitrogens with zero attached hydrogens (tertiary/aromatic N) is 3. The molecule has 0 amide bonds. The summed E-state index contributed by atoms with van der Waals surface area (Å²) >= 11 is 0. The van der Waals surface area contributed by atoms with Crippen molar-refractivity contribution in [1.82, 2.24) is 0 Å². The van der Waals surface area contributed by atoms with Gasteiger partial charge >= 0.3 is 6.17 Å². The maximum absolute atomic E-state index is 9.69. The van der Waals surface area contributed by atoms with E-state index in [9.17, 15) is 20.2 Å². The molecule has 0 radical (unpaired) electrons. The molecule has 0 saturated carbocycles. The van der Waals surface area contributed by atoms with Crippen LogP contribution in [0.25, 0.3) is 0 Å².